The minimum atomic E-state index is -1.12. The SMILES string of the molecule is C=CCN1C(=O)/C(=C/c2ccccc2OCC(=O)O)SC1=Nc1ccccc1C(=O)O. The number of rotatable bonds is 8. The highest BCUT2D eigenvalue weighted by molar-refractivity contribution is 8.18. The van der Waals surface area contributed by atoms with Gasteiger partial charge in [0.2, 0.25) is 0 Å². The van der Waals surface area contributed by atoms with E-state index in [1.807, 2.05) is 0 Å². The van der Waals surface area contributed by atoms with E-state index in [1.165, 1.54) is 11.0 Å². The van der Waals surface area contributed by atoms with Gasteiger partial charge < -0.3 is 14.9 Å². The average Bonchev–Trinajstić information content (AvgIpc) is 3.02. The second-order valence-electron chi connectivity index (χ2n) is 6.25. The molecule has 2 N–H and O–H groups in total. The summed E-state index contributed by atoms with van der Waals surface area (Å²) >= 11 is 1.08. The number of benzene rings is 2. The molecular weight excluding hydrogens is 420 g/mol. The zero-order chi connectivity index (χ0) is 22.4. The molecule has 1 heterocycles. The van der Waals surface area contributed by atoms with Crippen LogP contribution in [-0.4, -0.2) is 51.3 Å². The van der Waals surface area contributed by atoms with Gasteiger partial charge in [0.1, 0.15) is 5.75 Å². The van der Waals surface area contributed by atoms with Crippen LogP contribution in [0.15, 0.2) is 71.1 Å². The van der Waals surface area contributed by atoms with Crippen molar-refractivity contribution in [2.75, 3.05) is 13.2 Å². The maximum absolute atomic E-state index is 13.0. The number of hydrogen-bond acceptors (Lipinski definition) is 6. The van der Waals surface area contributed by atoms with Gasteiger partial charge in [-0.25, -0.2) is 14.6 Å². The van der Waals surface area contributed by atoms with Crippen LogP contribution in [0.2, 0.25) is 0 Å². The Morgan fingerprint density at radius 2 is 1.84 bits per heavy atom. The molecule has 31 heavy (non-hydrogen) atoms. The molecule has 0 spiro atoms. The molecule has 0 saturated carbocycles. The van der Waals surface area contributed by atoms with E-state index in [4.69, 9.17) is 9.84 Å². The Bertz CT molecular complexity index is 1110. The Balaban J connectivity index is 1.99. The first-order valence-electron chi connectivity index (χ1n) is 9.07. The fourth-order valence-corrected chi connectivity index (χ4v) is 3.74. The maximum Gasteiger partial charge on any atom is 0.341 e. The molecule has 1 fully saturated rings. The van der Waals surface area contributed by atoms with Gasteiger partial charge in [0, 0.05) is 12.1 Å². The number of aliphatic imine (C=N–C) groups is 1. The number of amidine groups is 1. The van der Waals surface area contributed by atoms with Crippen LogP contribution < -0.4 is 4.74 Å². The smallest absolute Gasteiger partial charge is 0.341 e. The predicted octanol–water partition coefficient (Wildman–Crippen LogP) is 3.64. The number of para-hydroxylation sites is 2. The summed E-state index contributed by atoms with van der Waals surface area (Å²) in [6.07, 6.45) is 3.13. The highest BCUT2D eigenvalue weighted by atomic mass is 32.2. The van der Waals surface area contributed by atoms with Gasteiger partial charge in [0.15, 0.2) is 11.8 Å². The van der Waals surface area contributed by atoms with Crippen molar-refractivity contribution >= 4 is 46.5 Å². The van der Waals surface area contributed by atoms with E-state index >= 15 is 0 Å². The van der Waals surface area contributed by atoms with Crippen LogP contribution >= 0.6 is 11.8 Å². The molecule has 0 aromatic heterocycles. The number of carbonyl (C=O) groups excluding carboxylic acids is 1. The minimum Gasteiger partial charge on any atom is -0.481 e. The summed E-state index contributed by atoms with van der Waals surface area (Å²) in [4.78, 5) is 41.4. The third kappa shape index (κ3) is 5.20. The van der Waals surface area contributed by atoms with E-state index in [2.05, 4.69) is 11.6 Å². The quantitative estimate of drug-likeness (QED) is 0.477. The summed E-state index contributed by atoms with van der Waals surface area (Å²) in [5.74, 6) is -2.24. The number of aromatic carboxylic acids is 1. The monoisotopic (exact) mass is 438 g/mol. The van der Waals surface area contributed by atoms with E-state index in [9.17, 15) is 19.5 Å². The Hall–Kier alpha value is -3.85. The fourth-order valence-electron chi connectivity index (χ4n) is 2.75. The first-order chi connectivity index (χ1) is 14.9. The number of nitrogens with zero attached hydrogens (tertiary/aromatic N) is 2. The van der Waals surface area contributed by atoms with Crippen molar-refractivity contribution in [2.24, 2.45) is 4.99 Å². The standard InChI is InChI=1S/C22H18N2O6S/c1-2-11-24-20(27)18(12-14-7-3-6-10-17(14)30-13-19(25)26)31-22(24)23-16-9-5-4-8-15(16)21(28)29/h2-10,12H,1,11,13H2,(H,25,26)(H,28,29)/b18-12-,23-22?. The molecule has 0 unspecified atom stereocenters. The van der Waals surface area contributed by atoms with Crippen LogP contribution in [0.4, 0.5) is 5.69 Å². The second-order valence-corrected chi connectivity index (χ2v) is 7.26. The van der Waals surface area contributed by atoms with Crippen LogP contribution in [0.5, 0.6) is 5.75 Å². The largest absolute Gasteiger partial charge is 0.481 e. The Morgan fingerprint density at radius 1 is 1.13 bits per heavy atom. The summed E-state index contributed by atoms with van der Waals surface area (Å²) in [7, 11) is 0. The molecule has 3 rings (SSSR count). The van der Waals surface area contributed by atoms with Crippen molar-refractivity contribution in [3.05, 3.63) is 77.2 Å². The van der Waals surface area contributed by atoms with Crippen molar-refractivity contribution in [2.45, 2.75) is 0 Å². The lowest BCUT2D eigenvalue weighted by molar-refractivity contribution is -0.139. The second kappa shape index (κ2) is 9.77. The molecule has 2 aromatic carbocycles. The topological polar surface area (TPSA) is 117 Å². The predicted molar refractivity (Wildman–Crippen MR) is 118 cm³/mol. The number of carboxylic acids is 2. The number of thioether (sulfide) groups is 1. The van der Waals surface area contributed by atoms with Gasteiger partial charge >= 0.3 is 11.9 Å². The summed E-state index contributed by atoms with van der Waals surface area (Å²) in [6.45, 7) is 3.34. The van der Waals surface area contributed by atoms with E-state index in [-0.39, 0.29) is 23.7 Å². The lowest BCUT2D eigenvalue weighted by atomic mass is 10.2. The third-order valence-electron chi connectivity index (χ3n) is 4.11. The van der Waals surface area contributed by atoms with Crippen molar-refractivity contribution in [1.82, 2.24) is 4.90 Å². The number of amides is 1. The number of ether oxygens (including phenoxy) is 1. The van der Waals surface area contributed by atoms with Gasteiger partial charge in [0.05, 0.1) is 16.2 Å². The molecule has 0 bridgehead atoms. The van der Waals surface area contributed by atoms with Crippen LogP contribution in [0, 0.1) is 0 Å². The van der Waals surface area contributed by atoms with Crippen molar-refractivity contribution in [3.8, 4) is 5.75 Å². The van der Waals surface area contributed by atoms with E-state index < -0.39 is 18.5 Å². The van der Waals surface area contributed by atoms with E-state index in [0.717, 1.165) is 11.8 Å². The van der Waals surface area contributed by atoms with Gasteiger partial charge in [0.25, 0.3) is 5.91 Å². The lowest BCUT2D eigenvalue weighted by Gasteiger charge is -2.13. The summed E-state index contributed by atoms with van der Waals surface area (Å²) in [6, 6.07) is 13.0. The Labute approximate surface area is 182 Å². The molecule has 0 aliphatic carbocycles. The molecule has 1 amide bonds. The zero-order valence-corrected chi connectivity index (χ0v) is 17.0. The molecule has 2 aromatic rings. The van der Waals surface area contributed by atoms with Crippen LogP contribution in [0.3, 0.4) is 0 Å². The van der Waals surface area contributed by atoms with E-state index in [1.54, 1.807) is 54.6 Å². The first-order valence-corrected chi connectivity index (χ1v) is 9.89. The number of carbonyl (C=O) groups is 3. The number of hydrogen-bond donors (Lipinski definition) is 2. The van der Waals surface area contributed by atoms with Crippen molar-refractivity contribution in [3.63, 3.8) is 0 Å². The van der Waals surface area contributed by atoms with E-state index in [0.29, 0.717) is 21.4 Å². The van der Waals surface area contributed by atoms with Gasteiger partial charge in [-0.05, 0) is 36.0 Å². The Kier molecular flexibility index (Phi) is 6.88. The fraction of sp³-hybridized carbons (Fsp3) is 0.0909. The third-order valence-corrected chi connectivity index (χ3v) is 5.11. The number of aliphatic carboxylic acids is 1. The molecule has 1 saturated heterocycles. The number of carboxylic acid groups (broad SMARTS) is 2. The average molecular weight is 438 g/mol. The lowest BCUT2D eigenvalue weighted by Crippen LogP contribution is -2.29. The molecular formula is C22H18N2O6S. The summed E-state index contributed by atoms with van der Waals surface area (Å²) in [5, 5.41) is 18.6. The highest BCUT2D eigenvalue weighted by Crippen LogP contribution is 2.36. The molecule has 0 atom stereocenters. The maximum atomic E-state index is 13.0. The minimum absolute atomic E-state index is 0.0199. The Morgan fingerprint density at radius 3 is 2.55 bits per heavy atom. The molecule has 158 valence electrons. The van der Waals surface area contributed by atoms with Gasteiger partial charge in [-0.2, -0.15) is 0 Å². The van der Waals surface area contributed by atoms with Crippen LogP contribution in [-0.2, 0) is 9.59 Å². The molecule has 8 nitrogen and oxygen atoms in total. The summed E-state index contributed by atoms with van der Waals surface area (Å²) < 4.78 is 5.29. The zero-order valence-electron chi connectivity index (χ0n) is 16.2. The first kappa shape index (κ1) is 21.8. The van der Waals surface area contributed by atoms with Gasteiger partial charge in [-0.1, -0.05) is 36.4 Å². The van der Waals surface area contributed by atoms with Crippen molar-refractivity contribution < 1.29 is 29.3 Å². The molecule has 1 aliphatic heterocycles. The van der Waals surface area contributed by atoms with Crippen molar-refractivity contribution in [1.29, 1.82) is 0 Å². The molecule has 0 radical (unpaired) electrons. The van der Waals surface area contributed by atoms with Gasteiger partial charge in [-0.3, -0.25) is 9.69 Å². The van der Waals surface area contributed by atoms with Gasteiger partial charge in [-0.15, -0.1) is 6.58 Å². The summed E-state index contributed by atoms with van der Waals surface area (Å²) in [5.41, 5.74) is 0.780. The molecule has 1 aliphatic rings. The van der Waals surface area contributed by atoms with Crippen LogP contribution in [0.25, 0.3) is 6.08 Å². The highest BCUT2D eigenvalue weighted by Gasteiger charge is 2.33. The normalized spacial score (nSPS) is 16.0. The van der Waals surface area contributed by atoms with Crippen LogP contribution in [0.1, 0.15) is 15.9 Å². The molecule has 9 heteroatoms.